The molecule has 2 N–H and O–H groups in total. The number of carbonyl (C=O) groups is 1. The number of nitrogens with zero attached hydrogens (tertiary/aromatic N) is 1. The van der Waals surface area contributed by atoms with E-state index in [1.807, 2.05) is 11.0 Å². The minimum Gasteiger partial charge on any atom is -0.497 e. The molecule has 6 nitrogen and oxygen atoms in total. The highest BCUT2D eigenvalue weighted by Gasteiger charge is 2.25. The van der Waals surface area contributed by atoms with Crippen LogP contribution in [0.3, 0.4) is 0 Å². The molecule has 0 saturated carbocycles. The molecule has 3 aromatic rings. The fourth-order valence-corrected chi connectivity index (χ4v) is 3.86. The molecule has 28 heavy (non-hydrogen) atoms. The highest BCUT2D eigenvalue weighted by atomic mass is 16.5. The highest BCUT2D eigenvalue weighted by Crippen LogP contribution is 2.23. The van der Waals surface area contributed by atoms with Gasteiger partial charge >= 0.3 is 0 Å². The number of amides is 1. The number of aromatic nitrogens is 1. The van der Waals surface area contributed by atoms with E-state index in [-0.39, 0.29) is 5.91 Å². The van der Waals surface area contributed by atoms with Crippen molar-refractivity contribution >= 4 is 16.8 Å². The van der Waals surface area contributed by atoms with Crippen molar-refractivity contribution < 1.29 is 19.2 Å². The Morgan fingerprint density at radius 1 is 1.07 bits per heavy atom. The van der Waals surface area contributed by atoms with E-state index in [9.17, 15) is 4.79 Å². The number of nitrogens with one attached hydrogen (secondary N) is 2. The molecule has 146 valence electrons. The summed E-state index contributed by atoms with van der Waals surface area (Å²) >= 11 is 0. The van der Waals surface area contributed by atoms with Crippen LogP contribution in [-0.4, -0.2) is 56.2 Å². The third-order valence-electron chi connectivity index (χ3n) is 5.47. The Morgan fingerprint density at radius 3 is 2.43 bits per heavy atom. The van der Waals surface area contributed by atoms with Gasteiger partial charge in [0.15, 0.2) is 0 Å². The molecule has 0 radical (unpaired) electrons. The smallest absolute Gasteiger partial charge is 0.254 e. The molecule has 2 aromatic carbocycles. The zero-order chi connectivity index (χ0) is 19.5. The van der Waals surface area contributed by atoms with Crippen LogP contribution in [0.25, 0.3) is 10.9 Å². The molecular formula is C22H26N3O3+. The Kier molecular flexibility index (Phi) is 5.21. The third-order valence-corrected chi connectivity index (χ3v) is 5.47. The van der Waals surface area contributed by atoms with Crippen LogP contribution in [0.1, 0.15) is 15.9 Å². The van der Waals surface area contributed by atoms with E-state index < -0.39 is 0 Å². The van der Waals surface area contributed by atoms with Crippen LogP contribution >= 0.6 is 0 Å². The van der Waals surface area contributed by atoms with Gasteiger partial charge in [-0.3, -0.25) is 4.79 Å². The summed E-state index contributed by atoms with van der Waals surface area (Å²) in [6.07, 6.45) is 2.11. The average molecular weight is 380 g/mol. The quantitative estimate of drug-likeness (QED) is 0.709. The summed E-state index contributed by atoms with van der Waals surface area (Å²) < 4.78 is 10.6. The van der Waals surface area contributed by atoms with Gasteiger partial charge in [-0.25, -0.2) is 0 Å². The first-order chi connectivity index (χ1) is 13.7. The molecule has 0 bridgehead atoms. The second-order valence-corrected chi connectivity index (χ2v) is 7.18. The number of ether oxygens (including phenoxy) is 2. The van der Waals surface area contributed by atoms with Crippen molar-refractivity contribution in [1.29, 1.82) is 0 Å². The number of quaternary nitrogens is 1. The summed E-state index contributed by atoms with van der Waals surface area (Å²) in [6.45, 7) is 4.34. The summed E-state index contributed by atoms with van der Waals surface area (Å²) in [5.74, 6) is 1.29. The molecule has 0 spiro atoms. The second kappa shape index (κ2) is 7.94. The van der Waals surface area contributed by atoms with Gasteiger partial charge in [-0.2, -0.15) is 0 Å². The Bertz CT molecular complexity index is 952. The van der Waals surface area contributed by atoms with Gasteiger partial charge in [0.05, 0.1) is 40.4 Å². The summed E-state index contributed by atoms with van der Waals surface area (Å²) in [4.78, 5) is 19.7. The van der Waals surface area contributed by atoms with Crippen molar-refractivity contribution in [3.63, 3.8) is 0 Å². The maximum Gasteiger partial charge on any atom is 0.254 e. The summed E-state index contributed by atoms with van der Waals surface area (Å²) in [5, 5.41) is 1.29. The van der Waals surface area contributed by atoms with Gasteiger partial charge in [-0.15, -0.1) is 0 Å². The number of hydrogen-bond acceptors (Lipinski definition) is 3. The number of para-hydroxylation sites is 1. The SMILES string of the molecule is COc1cc(OC)cc(C(=O)N2CC[NH+](Cc3c[nH]c4ccccc34)CC2)c1. The minimum absolute atomic E-state index is 0.0309. The molecule has 1 saturated heterocycles. The number of piperazine rings is 1. The summed E-state index contributed by atoms with van der Waals surface area (Å²) in [7, 11) is 3.19. The van der Waals surface area contributed by atoms with E-state index >= 15 is 0 Å². The number of benzene rings is 2. The second-order valence-electron chi connectivity index (χ2n) is 7.18. The molecule has 1 aromatic heterocycles. The zero-order valence-electron chi connectivity index (χ0n) is 16.3. The molecule has 0 aliphatic carbocycles. The lowest BCUT2D eigenvalue weighted by Crippen LogP contribution is -3.13. The number of methoxy groups -OCH3 is 2. The minimum atomic E-state index is 0.0309. The van der Waals surface area contributed by atoms with Gasteiger partial charge in [0.25, 0.3) is 5.91 Å². The van der Waals surface area contributed by atoms with Crippen LogP contribution in [-0.2, 0) is 6.54 Å². The van der Waals surface area contributed by atoms with E-state index in [0.717, 1.165) is 32.7 Å². The number of H-pyrrole nitrogens is 1. The number of carbonyl (C=O) groups excluding carboxylic acids is 1. The normalized spacial score (nSPS) is 15.0. The van der Waals surface area contributed by atoms with Crippen LogP contribution < -0.4 is 14.4 Å². The maximum atomic E-state index is 12.9. The lowest BCUT2D eigenvalue weighted by Gasteiger charge is -2.32. The van der Waals surface area contributed by atoms with E-state index in [0.29, 0.717) is 17.1 Å². The number of fused-ring (bicyclic) bond motifs is 1. The van der Waals surface area contributed by atoms with Crippen molar-refractivity contribution in [3.05, 3.63) is 59.8 Å². The third kappa shape index (κ3) is 3.68. The largest absolute Gasteiger partial charge is 0.497 e. The van der Waals surface area contributed by atoms with Gasteiger partial charge in [0, 0.05) is 34.3 Å². The Balaban J connectivity index is 1.40. The molecule has 1 amide bonds. The first-order valence-electron chi connectivity index (χ1n) is 9.59. The Hall–Kier alpha value is -2.99. The number of aromatic amines is 1. The molecule has 1 aliphatic rings. The van der Waals surface area contributed by atoms with Gasteiger partial charge < -0.3 is 24.3 Å². The standard InChI is InChI=1S/C22H25N3O3/c1-27-18-11-16(12-19(13-18)28-2)22(26)25-9-7-24(8-10-25)15-17-14-23-21-6-4-3-5-20(17)21/h3-6,11-14,23H,7-10,15H2,1-2H3/p+1. The lowest BCUT2D eigenvalue weighted by atomic mass is 10.1. The predicted octanol–water partition coefficient (Wildman–Crippen LogP) is 1.73. The van der Waals surface area contributed by atoms with Crippen LogP contribution in [0.15, 0.2) is 48.7 Å². The van der Waals surface area contributed by atoms with E-state index in [2.05, 4.69) is 29.4 Å². The van der Waals surface area contributed by atoms with E-state index in [4.69, 9.17) is 9.47 Å². The number of rotatable bonds is 5. The fraction of sp³-hybridized carbons (Fsp3) is 0.318. The fourth-order valence-electron chi connectivity index (χ4n) is 3.86. The van der Waals surface area contributed by atoms with E-state index in [1.165, 1.54) is 21.4 Å². The van der Waals surface area contributed by atoms with Gasteiger partial charge in [0.1, 0.15) is 18.0 Å². The monoisotopic (exact) mass is 380 g/mol. The zero-order valence-corrected chi connectivity index (χ0v) is 16.3. The van der Waals surface area contributed by atoms with Crippen LogP contribution in [0, 0.1) is 0 Å². The van der Waals surface area contributed by atoms with Crippen molar-refractivity contribution in [2.75, 3.05) is 40.4 Å². The van der Waals surface area contributed by atoms with Gasteiger partial charge in [0.2, 0.25) is 0 Å². The van der Waals surface area contributed by atoms with E-state index in [1.54, 1.807) is 32.4 Å². The van der Waals surface area contributed by atoms with Crippen molar-refractivity contribution in [1.82, 2.24) is 9.88 Å². The molecule has 2 heterocycles. The molecule has 1 aliphatic heterocycles. The lowest BCUT2D eigenvalue weighted by molar-refractivity contribution is -0.917. The number of hydrogen-bond donors (Lipinski definition) is 2. The van der Waals surface area contributed by atoms with Crippen molar-refractivity contribution in [2.45, 2.75) is 6.54 Å². The molecule has 1 fully saturated rings. The van der Waals surface area contributed by atoms with Crippen molar-refractivity contribution in [3.8, 4) is 11.5 Å². The first kappa shape index (κ1) is 18.4. The molecule has 0 atom stereocenters. The van der Waals surface area contributed by atoms with Crippen LogP contribution in [0.2, 0.25) is 0 Å². The Morgan fingerprint density at radius 2 is 1.75 bits per heavy atom. The summed E-state index contributed by atoms with van der Waals surface area (Å²) in [6, 6.07) is 13.7. The van der Waals surface area contributed by atoms with Crippen LogP contribution in [0.5, 0.6) is 11.5 Å². The predicted molar refractivity (Wildman–Crippen MR) is 108 cm³/mol. The van der Waals surface area contributed by atoms with Gasteiger partial charge in [-0.05, 0) is 18.2 Å². The van der Waals surface area contributed by atoms with Crippen LogP contribution in [0.4, 0.5) is 0 Å². The molecule has 4 rings (SSSR count). The Labute approximate surface area is 164 Å². The first-order valence-corrected chi connectivity index (χ1v) is 9.59. The van der Waals surface area contributed by atoms with Crippen molar-refractivity contribution in [2.24, 2.45) is 0 Å². The molecule has 6 heteroatoms. The maximum absolute atomic E-state index is 12.9. The highest BCUT2D eigenvalue weighted by molar-refractivity contribution is 5.95. The van der Waals surface area contributed by atoms with Gasteiger partial charge in [-0.1, -0.05) is 18.2 Å². The summed E-state index contributed by atoms with van der Waals surface area (Å²) in [5.41, 5.74) is 3.12. The molecule has 0 unspecified atom stereocenters. The average Bonchev–Trinajstić information content (AvgIpc) is 3.16. The topological polar surface area (TPSA) is 59.0 Å². The molecular weight excluding hydrogens is 354 g/mol.